The van der Waals surface area contributed by atoms with Crippen LogP contribution >= 0.6 is 15.9 Å². The molecule has 0 fully saturated rings. The summed E-state index contributed by atoms with van der Waals surface area (Å²) in [6.07, 6.45) is 0.563. The van der Waals surface area contributed by atoms with Gasteiger partial charge < -0.3 is 9.15 Å². The number of carbonyl (C=O) groups excluding carboxylic acids is 2. The Morgan fingerprint density at radius 1 is 0.970 bits per heavy atom. The van der Waals surface area contributed by atoms with Gasteiger partial charge in [-0.1, -0.05) is 66.7 Å². The minimum absolute atomic E-state index is 0.0241. The SMILES string of the molecule is O=C(OCC(=O)N1N=C(c2ccc3ccccc3c2)C[C@@H]1c1ccccc1)c1ccc(Br)o1. The second kappa shape index (κ2) is 9.03. The first-order chi connectivity index (χ1) is 16.1. The summed E-state index contributed by atoms with van der Waals surface area (Å²) in [4.78, 5) is 25.3. The molecule has 0 N–H and O–H groups in total. The van der Waals surface area contributed by atoms with Crippen LogP contribution in [0, 0.1) is 0 Å². The van der Waals surface area contributed by atoms with Crippen LogP contribution in [0.1, 0.15) is 34.1 Å². The molecule has 0 aliphatic carbocycles. The quantitative estimate of drug-likeness (QED) is 0.326. The molecule has 5 rings (SSSR count). The maximum absolute atomic E-state index is 13.1. The van der Waals surface area contributed by atoms with Crippen molar-refractivity contribution in [1.82, 2.24) is 5.01 Å². The molecule has 4 aromatic rings. The molecule has 0 saturated carbocycles. The molecule has 0 bridgehead atoms. The molecule has 164 valence electrons. The molecule has 2 heterocycles. The summed E-state index contributed by atoms with van der Waals surface area (Å²) in [6.45, 7) is -0.436. The first kappa shape index (κ1) is 21.2. The fourth-order valence-corrected chi connectivity index (χ4v) is 4.21. The van der Waals surface area contributed by atoms with Crippen LogP contribution in [0.4, 0.5) is 0 Å². The standard InChI is InChI=1S/C26H19BrN2O4/c27-24-13-12-23(33-24)26(31)32-16-25(30)29-22(18-7-2-1-3-8-18)15-21(28-29)20-11-10-17-6-4-5-9-19(17)14-20/h1-14,22H,15-16H2/t22-/m1/s1. The molecule has 0 spiro atoms. The molecule has 1 aliphatic heterocycles. The Balaban J connectivity index is 1.40. The molecular weight excluding hydrogens is 484 g/mol. The van der Waals surface area contributed by atoms with E-state index in [1.807, 2.05) is 48.5 Å². The largest absolute Gasteiger partial charge is 0.450 e. The summed E-state index contributed by atoms with van der Waals surface area (Å²) in [5.74, 6) is -1.09. The number of amides is 1. The maximum Gasteiger partial charge on any atom is 0.374 e. The molecule has 1 atom stereocenters. The molecule has 7 heteroatoms. The average Bonchev–Trinajstić information content (AvgIpc) is 3.49. The Hall–Kier alpha value is -3.71. The Bertz CT molecular complexity index is 1360. The average molecular weight is 503 g/mol. The number of benzene rings is 3. The highest BCUT2D eigenvalue weighted by Crippen LogP contribution is 2.33. The molecule has 0 radical (unpaired) electrons. The topological polar surface area (TPSA) is 72.1 Å². The van der Waals surface area contributed by atoms with Crippen molar-refractivity contribution in [2.24, 2.45) is 5.10 Å². The molecule has 0 saturated heterocycles. The number of nitrogens with zero attached hydrogens (tertiary/aromatic N) is 2. The van der Waals surface area contributed by atoms with Gasteiger partial charge in [0.1, 0.15) is 0 Å². The van der Waals surface area contributed by atoms with Crippen molar-refractivity contribution in [3.63, 3.8) is 0 Å². The van der Waals surface area contributed by atoms with Crippen molar-refractivity contribution in [3.8, 4) is 0 Å². The molecule has 1 amide bonds. The Morgan fingerprint density at radius 2 is 1.73 bits per heavy atom. The second-order valence-electron chi connectivity index (χ2n) is 7.66. The lowest BCUT2D eigenvalue weighted by atomic mass is 9.97. The molecule has 6 nitrogen and oxygen atoms in total. The monoisotopic (exact) mass is 502 g/mol. The lowest BCUT2D eigenvalue weighted by Crippen LogP contribution is -2.31. The van der Waals surface area contributed by atoms with Gasteiger partial charge in [-0.25, -0.2) is 9.80 Å². The van der Waals surface area contributed by atoms with Gasteiger partial charge in [0.05, 0.1) is 11.8 Å². The predicted molar refractivity (Wildman–Crippen MR) is 128 cm³/mol. The van der Waals surface area contributed by atoms with Crippen LogP contribution in [0.25, 0.3) is 10.8 Å². The third kappa shape index (κ3) is 4.45. The van der Waals surface area contributed by atoms with Crippen molar-refractivity contribution >= 4 is 44.3 Å². The number of hydrogen-bond donors (Lipinski definition) is 0. The summed E-state index contributed by atoms with van der Waals surface area (Å²) in [5, 5.41) is 8.33. The first-order valence-corrected chi connectivity index (χ1v) is 11.2. The number of carbonyl (C=O) groups is 2. The summed E-state index contributed by atoms with van der Waals surface area (Å²) in [7, 11) is 0. The van der Waals surface area contributed by atoms with Crippen LogP contribution < -0.4 is 0 Å². The van der Waals surface area contributed by atoms with E-state index < -0.39 is 18.5 Å². The van der Waals surface area contributed by atoms with E-state index in [2.05, 4.69) is 45.3 Å². The van der Waals surface area contributed by atoms with Gasteiger partial charge >= 0.3 is 5.97 Å². The van der Waals surface area contributed by atoms with E-state index in [1.54, 1.807) is 6.07 Å². The molecule has 0 unspecified atom stereocenters. The first-order valence-electron chi connectivity index (χ1n) is 10.4. The van der Waals surface area contributed by atoms with Crippen LogP contribution in [0.2, 0.25) is 0 Å². The number of hydrazone groups is 1. The fraction of sp³-hybridized carbons (Fsp3) is 0.115. The molecule has 1 aliphatic rings. The third-order valence-electron chi connectivity index (χ3n) is 5.53. The highest BCUT2D eigenvalue weighted by atomic mass is 79.9. The molecule has 33 heavy (non-hydrogen) atoms. The van der Waals surface area contributed by atoms with Gasteiger partial charge in [0, 0.05) is 6.42 Å². The van der Waals surface area contributed by atoms with Crippen molar-refractivity contribution < 1.29 is 18.7 Å². The second-order valence-corrected chi connectivity index (χ2v) is 8.44. The van der Waals surface area contributed by atoms with E-state index in [1.165, 1.54) is 11.1 Å². The third-order valence-corrected chi connectivity index (χ3v) is 5.96. The van der Waals surface area contributed by atoms with Gasteiger partial charge in [0.25, 0.3) is 5.91 Å². The highest BCUT2D eigenvalue weighted by Gasteiger charge is 2.33. The van der Waals surface area contributed by atoms with E-state index in [0.717, 1.165) is 27.6 Å². The predicted octanol–water partition coefficient (Wildman–Crippen LogP) is 5.73. The zero-order valence-corrected chi connectivity index (χ0v) is 19.1. The van der Waals surface area contributed by atoms with Crippen molar-refractivity contribution in [2.45, 2.75) is 12.5 Å². The number of ether oxygens (including phenoxy) is 1. The minimum atomic E-state index is -0.705. The highest BCUT2D eigenvalue weighted by molar-refractivity contribution is 9.10. The number of rotatable bonds is 5. The van der Waals surface area contributed by atoms with E-state index in [9.17, 15) is 9.59 Å². The van der Waals surface area contributed by atoms with Crippen molar-refractivity contribution in [1.29, 1.82) is 0 Å². The zero-order chi connectivity index (χ0) is 22.8. The number of esters is 1. The van der Waals surface area contributed by atoms with Crippen LogP contribution in [-0.2, 0) is 9.53 Å². The van der Waals surface area contributed by atoms with Crippen LogP contribution in [0.15, 0.2) is 99.1 Å². The zero-order valence-electron chi connectivity index (χ0n) is 17.5. The van der Waals surface area contributed by atoms with Gasteiger partial charge in [0.15, 0.2) is 11.3 Å². The van der Waals surface area contributed by atoms with Gasteiger partial charge in [-0.2, -0.15) is 5.10 Å². The normalized spacial score (nSPS) is 15.5. The number of hydrogen-bond acceptors (Lipinski definition) is 5. The van der Waals surface area contributed by atoms with E-state index in [-0.39, 0.29) is 11.8 Å². The molecular formula is C26H19BrN2O4. The molecule has 3 aromatic carbocycles. The van der Waals surface area contributed by atoms with Crippen LogP contribution in [0.3, 0.4) is 0 Å². The summed E-state index contributed by atoms with van der Waals surface area (Å²) >= 11 is 3.14. The van der Waals surface area contributed by atoms with Gasteiger partial charge in [-0.3, -0.25) is 4.79 Å². The van der Waals surface area contributed by atoms with E-state index in [0.29, 0.717) is 11.1 Å². The summed E-state index contributed by atoms with van der Waals surface area (Å²) < 4.78 is 10.8. The maximum atomic E-state index is 13.1. The summed E-state index contributed by atoms with van der Waals surface area (Å²) in [6, 6.07) is 26.8. The van der Waals surface area contributed by atoms with Crippen LogP contribution in [0.5, 0.6) is 0 Å². The van der Waals surface area contributed by atoms with Gasteiger partial charge in [-0.05, 0) is 56.0 Å². The van der Waals surface area contributed by atoms with Crippen molar-refractivity contribution in [2.75, 3.05) is 6.61 Å². The number of halogens is 1. The Labute approximate surface area is 198 Å². The van der Waals surface area contributed by atoms with Crippen LogP contribution in [-0.4, -0.2) is 29.2 Å². The summed E-state index contributed by atoms with van der Waals surface area (Å²) in [5.41, 5.74) is 2.73. The Kier molecular flexibility index (Phi) is 5.79. The number of fused-ring (bicyclic) bond motifs is 1. The van der Waals surface area contributed by atoms with Gasteiger partial charge in [-0.15, -0.1) is 0 Å². The Morgan fingerprint density at radius 3 is 2.48 bits per heavy atom. The lowest BCUT2D eigenvalue weighted by molar-refractivity contribution is -0.136. The molecule has 1 aromatic heterocycles. The van der Waals surface area contributed by atoms with E-state index >= 15 is 0 Å². The smallest absolute Gasteiger partial charge is 0.374 e. The van der Waals surface area contributed by atoms with Gasteiger partial charge in [0.2, 0.25) is 5.76 Å². The van der Waals surface area contributed by atoms with E-state index in [4.69, 9.17) is 9.15 Å². The van der Waals surface area contributed by atoms with Crippen molar-refractivity contribution in [3.05, 3.63) is 106 Å². The fourth-order valence-electron chi connectivity index (χ4n) is 3.91. The minimum Gasteiger partial charge on any atom is -0.450 e. The number of furan rings is 1. The lowest BCUT2D eigenvalue weighted by Gasteiger charge is -2.21.